The molecule has 0 unspecified atom stereocenters. The number of hydrogen-bond acceptors (Lipinski definition) is 4. The molecule has 1 aliphatic heterocycles. The Bertz CT molecular complexity index is 815. The van der Waals surface area contributed by atoms with Crippen LogP contribution in [-0.2, 0) is 11.2 Å². The van der Waals surface area contributed by atoms with Crippen LogP contribution in [0, 0.1) is 0 Å². The topological polar surface area (TPSA) is 40.5 Å². The van der Waals surface area contributed by atoms with Gasteiger partial charge in [-0.1, -0.05) is 60.4 Å². The van der Waals surface area contributed by atoms with Crippen molar-refractivity contribution in [3.05, 3.63) is 70.1 Å². The van der Waals surface area contributed by atoms with Crippen LogP contribution in [-0.4, -0.2) is 26.8 Å². The Morgan fingerprint density at radius 1 is 1.17 bits per heavy atom. The van der Waals surface area contributed by atoms with E-state index in [1.165, 1.54) is 17.3 Å². The van der Waals surface area contributed by atoms with E-state index in [0.29, 0.717) is 21.3 Å². The Labute approximate surface area is 151 Å². The van der Waals surface area contributed by atoms with Crippen LogP contribution in [0.2, 0.25) is 0 Å². The van der Waals surface area contributed by atoms with Crippen molar-refractivity contribution in [2.45, 2.75) is 13.3 Å². The van der Waals surface area contributed by atoms with Gasteiger partial charge in [0.05, 0.1) is 4.91 Å². The number of hydrogen-bond donors (Lipinski definition) is 1. The van der Waals surface area contributed by atoms with Crippen LogP contribution in [0.25, 0.3) is 6.08 Å². The van der Waals surface area contributed by atoms with Gasteiger partial charge in [-0.3, -0.25) is 9.69 Å². The Kier molecular flexibility index (Phi) is 5.02. The van der Waals surface area contributed by atoms with Gasteiger partial charge >= 0.3 is 0 Å². The first-order valence-electron chi connectivity index (χ1n) is 7.69. The van der Waals surface area contributed by atoms with Crippen LogP contribution in [0.3, 0.4) is 0 Å². The molecule has 3 rings (SSSR count). The fourth-order valence-corrected chi connectivity index (χ4v) is 3.95. The second kappa shape index (κ2) is 7.20. The van der Waals surface area contributed by atoms with Crippen LogP contribution >= 0.6 is 24.0 Å². The average Bonchev–Trinajstić information content (AvgIpc) is 2.85. The molecule has 0 bridgehead atoms. The van der Waals surface area contributed by atoms with Gasteiger partial charge in [0, 0.05) is 12.1 Å². The molecular formula is C19H17NO2S2. The predicted octanol–water partition coefficient (Wildman–Crippen LogP) is 4.20. The highest BCUT2D eigenvalue weighted by Gasteiger charge is 2.30. The Balaban J connectivity index is 1.89. The lowest BCUT2D eigenvalue weighted by Crippen LogP contribution is -2.27. The molecule has 24 heavy (non-hydrogen) atoms. The molecule has 0 saturated carbocycles. The molecule has 0 aliphatic carbocycles. The van der Waals surface area contributed by atoms with Gasteiger partial charge in [0.25, 0.3) is 5.91 Å². The first-order valence-corrected chi connectivity index (χ1v) is 8.92. The highest BCUT2D eigenvalue weighted by atomic mass is 32.2. The Morgan fingerprint density at radius 2 is 1.92 bits per heavy atom. The SMILES string of the molecule is CCN1C(=O)/C(=C\c2cc(Cc3ccccc3)ccc2O)SC1=S. The maximum atomic E-state index is 12.3. The zero-order valence-electron chi connectivity index (χ0n) is 13.2. The van der Waals surface area contributed by atoms with E-state index in [9.17, 15) is 9.90 Å². The predicted molar refractivity (Wildman–Crippen MR) is 103 cm³/mol. The van der Waals surface area contributed by atoms with Gasteiger partial charge in [-0.15, -0.1) is 0 Å². The monoisotopic (exact) mass is 355 g/mol. The second-order valence-corrected chi connectivity index (χ2v) is 7.16. The molecule has 2 aromatic carbocycles. The number of amides is 1. The molecule has 122 valence electrons. The van der Waals surface area contributed by atoms with E-state index in [4.69, 9.17) is 12.2 Å². The minimum Gasteiger partial charge on any atom is -0.507 e. The molecule has 0 aromatic heterocycles. The van der Waals surface area contributed by atoms with Gasteiger partial charge in [0.2, 0.25) is 0 Å². The van der Waals surface area contributed by atoms with E-state index < -0.39 is 0 Å². The number of benzene rings is 2. The highest BCUT2D eigenvalue weighted by Crippen LogP contribution is 2.34. The normalized spacial score (nSPS) is 16.2. The molecule has 1 amide bonds. The summed E-state index contributed by atoms with van der Waals surface area (Å²) in [7, 11) is 0. The Morgan fingerprint density at radius 3 is 2.58 bits per heavy atom. The van der Waals surface area contributed by atoms with Crippen molar-refractivity contribution in [2.75, 3.05) is 6.54 Å². The van der Waals surface area contributed by atoms with Crippen molar-refractivity contribution in [1.29, 1.82) is 0 Å². The lowest BCUT2D eigenvalue weighted by atomic mass is 10.0. The molecule has 3 nitrogen and oxygen atoms in total. The number of thiocarbonyl (C=S) groups is 1. The molecule has 2 aromatic rings. The fraction of sp³-hybridized carbons (Fsp3) is 0.158. The summed E-state index contributed by atoms with van der Waals surface area (Å²) in [5.74, 6) is 0.0638. The molecule has 0 spiro atoms. The van der Waals surface area contributed by atoms with E-state index in [2.05, 4.69) is 12.1 Å². The maximum Gasteiger partial charge on any atom is 0.266 e. The molecule has 1 aliphatic rings. The number of phenols is 1. The number of thioether (sulfide) groups is 1. The van der Waals surface area contributed by atoms with Gasteiger partial charge < -0.3 is 5.11 Å². The standard InChI is InChI=1S/C19H17NO2S2/c1-2-20-18(22)17(24-19(20)23)12-15-11-14(8-9-16(15)21)10-13-6-4-3-5-7-13/h3-9,11-12,21H,2,10H2,1H3/b17-12+. The summed E-state index contributed by atoms with van der Waals surface area (Å²) in [6.07, 6.45) is 2.50. The van der Waals surface area contributed by atoms with Crippen LogP contribution in [0.4, 0.5) is 0 Å². The lowest BCUT2D eigenvalue weighted by molar-refractivity contribution is -0.121. The molecule has 1 saturated heterocycles. The van der Waals surface area contributed by atoms with Gasteiger partial charge in [0.15, 0.2) is 0 Å². The highest BCUT2D eigenvalue weighted by molar-refractivity contribution is 8.26. The van der Waals surface area contributed by atoms with E-state index in [0.717, 1.165) is 12.0 Å². The Hall–Kier alpha value is -2.11. The number of rotatable bonds is 4. The summed E-state index contributed by atoms with van der Waals surface area (Å²) in [4.78, 5) is 14.4. The third-order valence-corrected chi connectivity index (χ3v) is 5.20. The van der Waals surface area contributed by atoms with Crippen molar-refractivity contribution >= 4 is 40.3 Å². The summed E-state index contributed by atoms with van der Waals surface area (Å²) >= 11 is 6.50. The van der Waals surface area contributed by atoms with Gasteiger partial charge in [-0.25, -0.2) is 0 Å². The van der Waals surface area contributed by atoms with Crippen molar-refractivity contribution in [1.82, 2.24) is 4.90 Å². The molecule has 5 heteroatoms. The quantitative estimate of drug-likeness (QED) is 0.659. The van der Waals surface area contributed by atoms with Crippen LogP contribution in [0.5, 0.6) is 5.75 Å². The van der Waals surface area contributed by atoms with Crippen molar-refractivity contribution in [3.8, 4) is 5.75 Å². The largest absolute Gasteiger partial charge is 0.507 e. The van der Waals surface area contributed by atoms with Gasteiger partial charge in [-0.2, -0.15) is 0 Å². The summed E-state index contributed by atoms with van der Waals surface area (Å²) in [5.41, 5.74) is 2.92. The van der Waals surface area contributed by atoms with Crippen LogP contribution < -0.4 is 0 Å². The summed E-state index contributed by atoms with van der Waals surface area (Å²) in [6.45, 7) is 2.45. The van der Waals surface area contributed by atoms with Gasteiger partial charge in [-0.05, 0) is 42.7 Å². The maximum absolute atomic E-state index is 12.3. The minimum absolute atomic E-state index is 0.0969. The first-order chi connectivity index (χ1) is 11.6. The smallest absolute Gasteiger partial charge is 0.266 e. The zero-order valence-corrected chi connectivity index (χ0v) is 14.9. The minimum atomic E-state index is -0.0969. The van der Waals surface area contributed by atoms with Crippen LogP contribution in [0.1, 0.15) is 23.6 Å². The number of likely N-dealkylation sites (N-methyl/N-ethyl adjacent to an activating group) is 1. The molecule has 1 heterocycles. The summed E-state index contributed by atoms with van der Waals surface area (Å²) in [5, 5.41) is 10.1. The summed E-state index contributed by atoms with van der Waals surface area (Å²) < 4.78 is 0.564. The fourth-order valence-electron chi connectivity index (χ4n) is 2.57. The molecule has 1 fully saturated rings. The number of aromatic hydroxyl groups is 1. The van der Waals surface area contributed by atoms with E-state index >= 15 is 0 Å². The van der Waals surface area contributed by atoms with E-state index in [-0.39, 0.29) is 11.7 Å². The third kappa shape index (κ3) is 3.52. The van der Waals surface area contributed by atoms with Crippen molar-refractivity contribution in [2.24, 2.45) is 0 Å². The average molecular weight is 355 g/mol. The van der Waals surface area contributed by atoms with Crippen molar-refractivity contribution < 1.29 is 9.90 Å². The second-order valence-electron chi connectivity index (χ2n) is 5.48. The van der Waals surface area contributed by atoms with Crippen molar-refractivity contribution in [3.63, 3.8) is 0 Å². The first kappa shape index (κ1) is 16.7. The van der Waals surface area contributed by atoms with E-state index in [1.54, 1.807) is 17.0 Å². The number of carbonyl (C=O) groups is 1. The third-order valence-electron chi connectivity index (χ3n) is 3.82. The number of nitrogens with zero attached hydrogens (tertiary/aromatic N) is 1. The zero-order chi connectivity index (χ0) is 17.1. The molecule has 1 N–H and O–H groups in total. The lowest BCUT2D eigenvalue weighted by Gasteiger charge is -2.09. The number of carbonyl (C=O) groups excluding carboxylic acids is 1. The van der Waals surface area contributed by atoms with Crippen LogP contribution in [0.15, 0.2) is 53.4 Å². The molecule has 0 atom stereocenters. The van der Waals surface area contributed by atoms with Gasteiger partial charge in [0.1, 0.15) is 10.1 Å². The van der Waals surface area contributed by atoms with E-state index in [1.807, 2.05) is 37.3 Å². The molecule has 0 radical (unpaired) electrons. The molecular weight excluding hydrogens is 338 g/mol. The summed E-state index contributed by atoms with van der Waals surface area (Å²) in [6, 6.07) is 15.6. The number of phenolic OH excluding ortho intramolecular Hbond substituents is 1.